The molecule has 0 unspecified atom stereocenters. The zero-order chi connectivity index (χ0) is 21.2. The van der Waals surface area contributed by atoms with Crippen LogP contribution in [0.25, 0.3) is 21.5 Å². The fourth-order valence-electron chi connectivity index (χ4n) is 3.91. The molecule has 0 spiro atoms. The van der Waals surface area contributed by atoms with Crippen molar-refractivity contribution in [3.05, 3.63) is 96.1 Å². The van der Waals surface area contributed by atoms with Gasteiger partial charge in [0, 0.05) is 5.56 Å². The molecular weight excluding hydrogens is 402 g/mol. The minimum atomic E-state index is -0.165. The summed E-state index contributed by atoms with van der Waals surface area (Å²) in [5.41, 5.74) is 2.11. The van der Waals surface area contributed by atoms with Crippen molar-refractivity contribution < 1.29 is 4.79 Å². The van der Waals surface area contributed by atoms with Crippen LogP contribution in [0.3, 0.4) is 0 Å². The second-order valence-corrected chi connectivity index (χ2v) is 8.83. The van der Waals surface area contributed by atoms with Crippen molar-refractivity contribution in [2.45, 2.75) is 18.7 Å². The van der Waals surface area contributed by atoms with E-state index in [4.69, 9.17) is 0 Å². The smallest absolute Gasteiger partial charge is 0.242 e. The molecule has 0 aliphatic carbocycles. The number of benzene rings is 4. The van der Waals surface area contributed by atoms with E-state index in [0.29, 0.717) is 11.7 Å². The molecule has 0 N–H and O–H groups in total. The lowest BCUT2D eigenvalue weighted by Gasteiger charge is -2.17. The summed E-state index contributed by atoms with van der Waals surface area (Å²) in [4.78, 5) is 14.6. The Kier molecular flexibility index (Phi) is 5.26. The third kappa shape index (κ3) is 3.84. The number of nitrogens with zero attached hydrogens (tertiary/aromatic N) is 3. The maximum Gasteiger partial charge on any atom is 0.242 e. The molecule has 0 radical (unpaired) electrons. The van der Waals surface area contributed by atoms with Crippen LogP contribution in [0.2, 0.25) is 0 Å². The standard InChI is InChI=1S/C26H21N3OS/c1-18-25(30)29(17-22-13-7-11-20-9-3-5-15-24(20)22)26(31-18)28-27-16-21-12-6-10-19-8-2-4-14-23(19)21/h2-16,18H,17H2,1H3/b27-16-,28-26+/t18-/m0/s1. The van der Waals surface area contributed by atoms with E-state index in [1.54, 1.807) is 11.1 Å². The Morgan fingerprint density at radius 3 is 2.32 bits per heavy atom. The van der Waals surface area contributed by atoms with E-state index in [9.17, 15) is 4.79 Å². The highest BCUT2D eigenvalue weighted by Gasteiger charge is 2.35. The number of rotatable bonds is 4. The second kappa shape index (κ2) is 8.36. The van der Waals surface area contributed by atoms with Gasteiger partial charge in [-0.2, -0.15) is 5.10 Å². The van der Waals surface area contributed by atoms with Crippen LogP contribution in [-0.2, 0) is 11.3 Å². The van der Waals surface area contributed by atoms with E-state index in [1.165, 1.54) is 17.1 Å². The third-order valence-corrected chi connectivity index (χ3v) is 6.57. The lowest BCUT2D eigenvalue weighted by molar-refractivity contribution is -0.126. The topological polar surface area (TPSA) is 45.0 Å². The van der Waals surface area contributed by atoms with E-state index in [2.05, 4.69) is 52.7 Å². The van der Waals surface area contributed by atoms with E-state index < -0.39 is 0 Å². The number of thioether (sulfide) groups is 1. The van der Waals surface area contributed by atoms with Gasteiger partial charge in [-0.05, 0) is 34.0 Å². The number of hydrogen-bond acceptors (Lipinski definition) is 4. The van der Waals surface area contributed by atoms with Gasteiger partial charge in [-0.1, -0.05) is 96.7 Å². The second-order valence-electron chi connectivity index (χ2n) is 7.52. The number of amides is 1. The normalized spacial score (nSPS) is 18.1. The first kappa shape index (κ1) is 19.5. The van der Waals surface area contributed by atoms with Crippen LogP contribution < -0.4 is 0 Å². The van der Waals surface area contributed by atoms with E-state index >= 15 is 0 Å². The number of hydrogen-bond donors (Lipinski definition) is 0. The van der Waals surface area contributed by atoms with Crippen molar-refractivity contribution in [3.8, 4) is 0 Å². The average molecular weight is 424 g/mol. The Morgan fingerprint density at radius 1 is 0.871 bits per heavy atom. The van der Waals surface area contributed by atoms with Crippen LogP contribution in [0, 0.1) is 0 Å². The molecule has 4 nitrogen and oxygen atoms in total. The Morgan fingerprint density at radius 2 is 1.52 bits per heavy atom. The molecule has 31 heavy (non-hydrogen) atoms. The molecule has 0 aromatic heterocycles. The summed E-state index contributed by atoms with van der Waals surface area (Å²) in [6.45, 7) is 2.40. The van der Waals surface area contributed by atoms with Crippen LogP contribution >= 0.6 is 11.8 Å². The summed E-state index contributed by atoms with van der Waals surface area (Å²) >= 11 is 1.46. The van der Waals surface area contributed by atoms with Gasteiger partial charge in [-0.25, -0.2) is 0 Å². The summed E-state index contributed by atoms with van der Waals surface area (Å²) < 4.78 is 0. The quantitative estimate of drug-likeness (QED) is 0.305. The number of carbonyl (C=O) groups is 1. The fraction of sp³-hybridized carbons (Fsp3) is 0.115. The Hall–Kier alpha value is -3.44. The predicted molar refractivity (Wildman–Crippen MR) is 131 cm³/mol. The Bertz CT molecular complexity index is 1330. The van der Waals surface area contributed by atoms with Crippen molar-refractivity contribution in [1.82, 2.24) is 4.90 Å². The van der Waals surface area contributed by atoms with Crippen molar-refractivity contribution >= 4 is 50.6 Å². The average Bonchev–Trinajstić information content (AvgIpc) is 3.07. The molecule has 1 amide bonds. The van der Waals surface area contributed by atoms with Crippen molar-refractivity contribution in [3.63, 3.8) is 0 Å². The van der Waals surface area contributed by atoms with E-state index in [1.807, 2.05) is 49.4 Å². The van der Waals surface area contributed by atoms with E-state index in [-0.39, 0.29) is 11.2 Å². The zero-order valence-corrected chi connectivity index (χ0v) is 17.9. The van der Waals surface area contributed by atoms with Gasteiger partial charge < -0.3 is 0 Å². The molecule has 4 aromatic rings. The molecule has 1 atom stereocenters. The summed E-state index contributed by atoms with van der Waals surface area (Å²) in [7, 11) is 0. The van der Waals surface area contributed by atoms with Crippen LogP contribution in [0.5, 0.6) is 0 Å². The SMILES string of the molecule is C[C@@H]1S/C(=N/N=C\c2cccc3ccccc23)N(Cc2cccc3ccccc23)C1=O. The van der Waals surface area contributed by atoms with Crippen molar-refractivity contribution in [2.24, 2.45) is 10.2 Å². The van der Waals surface area contributed by atoms with Crippen molar-refractivity contribution in [1.29, 1.82) is 0 Å². The molecule has 0 bridgehead atoms. The van der Waals surface area contributed by atoms with Gasteiger partial charge >= 0.3 is 0 Å². The van der Waals surface area contributed by atoms with Crippen LogP contribution in [0.1, 0.15) is 18.1 Å². The molecule has 1 heterocycles. The van der Waals surface area contributed by atoms with Gasteiger partial charge in [0.1, 0.15) is 0 Å². The monoisotopic (exact) mass is 423 g/mol. The molecule has 1 aliphatic rings. The van der Waals surface area contributed by atoms with Crippen LogP contribution in [0.15, 0.2) is 95.1 Å². The number of carbonyl (C=O) groups excluding carboxylic acids is 1. The molecular formula is C26H21N3OS. The van der Waals surface area contributed by atoms with Gasteiger partial charge in [0.25, 0.3) is 0 Å². The lowest BCUT2D eigenvalue weighted by atomic mass is 10.0. The molecule has 1 saturated heterocycles. The van der Waals surface area contributed by atoms with Crippen molar-refractivity contribution in [2.75, 3.05) is 0 Å². The van der Waals surface area contributed by atoms with Gasteiger partial charge in [0.05, 0.1) is 18.0 Å². The van der Waals surface area contributed by atoms with Gasteiger partial charge in [-0.15, -0.1) is 5.10 Å². The van der Waals surface area contributed by atoms with Gasteiger partial charge in [-0.3, -0.25) is 9.69 Å². The summed E-state index contributed by atoms with van der Waals surface area (Å²) in [5.74, 6) is 0.0667. The summed E-state index contributed by atoms with van der Waals surface area (Å²) in [5, 5.41) is 13.9. The molecule has 5 heteroatoms. The maximum absolute atomic E-state index is 12.8. The van der Waals surface area contributed by atoms with E-state index in [0.717, 1.165) is 27.3 Å². The summed E-state index contributed by atoms with van der Waals surface area (Å²) in [6, 6.07) is 28.7. The Labute approximate surface area is 185 Å². The molecule has 152 valence electrons. The molecule has 0 saturated carbocycles. The third-order valence-electron chi connectivity index (χ3n) is 5.50. The van der Waals surface area contributed by atoms with Crippen LogP contribution in [-0.4, -0.2) is 27.4 Å². The highest BCUT2D eigenvalue weighted by atomic mass is 32.2. The van der Waals surface area contributed by atoms with Gasteiger partial charge in [0.2, 0.25) is 5.91 Å². The molecule has 1 fully saturated rings. The number of fused-ring (bicyclic) bond motifs is 2. The predicted octanol–water partition coefficient (Wildman–Crippen LogP) is 5.85. The molecule has 1 aliphatic heterocycles. The zero-order valence-electron chi connectivity index (χ0n) is 17.1. The summed E-state index contributed by atoms with van der Waals surface area (Å²) in [6.07, 6.45) is 1.76. The maximum atomic E-state index is 12.8. The lowest BCUT2D eigenvalue weighted by Crippen LogP contribution is -2.30. The number of amidine groups is 1. The molecule has 5 rings (SSSR count). The first-order valence-electron chi connectivity index (χ1n) is 10.2. The molecule has 4 aromatic carbocycles. The first-order chi connectivity index (χ1) is 15.2. The highest BCUT2D eigenvalue weighted by molar-refractivity contribution is 8.15. The first-order valence-corrected chi connectivity index (χ1v) is 11.1. The largest absolute Gasteiger partial charge is 0.284 e. The highest BCUT2D eigenvalue weighted by Crippen LogP contribution is 2.30. The Balaban J connectivity index is 1.45. The van der Waals surface area contributed by atoms with Gasteiger partial charge in [0.15, 0.2) is 5.17 Å². The minimum absolute atomic E-state index is 0.0667. The fourth-order valence-corrected chi connectivity index (χ4v) is 4.83. The minimum Gasteiger partial charge on any atom is -0.284 e. The van der Waals surface area contributed by atoms with Crippen LogP contribution in [0.4, 0.5) is 0 Å².